The second-order valence-corrected chi connectivity index (χ2v) is 7.90. The van der Waals surface area contributed by atoms with Crippen LogP contribution >= 0.6 is 11.8 Å². The van der Waals surface area contributed by atoms with Gasteiger partial charge in [0.15, 0.2) is 0 Å². The quantitative estimate of drug-likeness (QED) is 0.643. The predicted molar refractivity (Wildman–Crippen MR) is 119 cm³/mol. The molecule has 5 nitrogen and oxygen atoms in total. The molecule has 2 aromatic rings. The van der Waals surface area contributed by atoms with Gasteiger partial charge >= 0.3 is 0 Å². The molecule has 29 heavy (non-hydrogen) atoms. The number of nitrogens with one attached hydrogen (secondary N) is 1. The zero-order valence-corrected chi connectivity index (χ0v) is 18.4. The van der Waals surface area contributed by atoms with Crippen LogP contribution in [0.5, 0.6) is 5.75 Å². The van der Waals surface area contributed by atoms with Crippen LogP contribution in [0, 0.1) is 6.92 Å². The number of nitrogens with zero attached hydrogens (tertiary/aromatic N) is 1. The highest BCUT2D eigenvalue weighted by Crippen LogP contribution is 2.18. The maximum absolute atomic E-state index is 13.0. The van der Waals surface area contributed by atoms with Crippen LogP contribution in [0.4, 0.5) is 0 Å². The van der Waals surface area contributed by atoms with Crippen LogP contribution in [0.15, 0.2) is 48.5 Å². The standard InChI is InChI=1S/C23H30N2O3S/c1-5-24-23(27)18(3)25(14-19-10-12-21(28-4)13-11-19)22(26)16-29-15-20-8-6-17(2)7-9-20/h6-13,18H,5,14-16H2,1-4H3,(H,24,27). The van der Waals surface area contributed by atoms with Crippen molar-refractivity contribution in [2.45, 2.75) is 39.1 Å². The van der Waals surface area contributed by atoms with Gasteiger partial charge in [-0.3, -0.25) is 9.59 Å². The Kier molecular flexibility index (Phi) is 9.06. The van der Waals surface area contributed by atoms with Crippen molar-refractivity contribution in [3.63, 3.8) is 0 Å². The third-order valence-corrected chi connectivity index (χ3v) is 5.63. The molecule has 0 fully saturated rings. The molecule has 2 aromatic carbocycles. The van der Waals surface area contributed by atoms with Gasteiger partial charge in [-0.2, -0.15) is 0 Å². The van der Waals surface area contributed by atoms with Gasteiger partial charge in [-0.15, -0.1) is 11.8 Å². The molecule has 2 rings (SSSR count). The molecule has 0 spiro atoms. The monoisotopic (exact) mass is 414 g/mol. The summed E-state index contributed by atoms with van der Waals surface area (Å²) in [5.74, 6) is 1.66. The average molecular weight is 415 g/mol. The van der Waals surface area contributed by atoms with Crippen molar-refractivity contribution in [1.29, 1.82) is 0 Å². The van der Waals surface area contributed by atoms with Crippen molar-refractivity contribution in [1.82, 2.24) is 10.2 Å². The van der Waals surface area contributed by atoms with Crippen molar-refractivity contribution in [3.8, 4) is 5.75 Å². The van der Waals surface area contributed by atoms with Crippen LogP contribution < -0.4 is 10.1 Å². The molecule has 0 aliphatic carbocycles. The van der Waals surface area contributed by atoms with Gasteiger partial charge in [0, 0.05) is 18.8 Å². The number of carbonyl (C=O) groups is 2. The summed E-state index contributed by atoms with van der Waals surface area (Å²) in [6.07, 6.45) is 0. The first-order valence-corrected chi connectivity index (χ1v) is 10.9. The number of aryl methyl sites for hydroxylation is 1. The molecule has 0 aromatic heterocycles. The van der Waals surface area contributed by atoms with Crippen molar-refractivity contribution >= 4 is 23.6 Å². The molecule has 1 atom stereocenters. The smallest absolute Gasteiger partial charge is 0.242 e. The first-order valence-electron chi connectivity index (χ1n) is 9.78. The highest BCUT2D eigenvalue weighted by atomic mass is 32.2. The number of rotatable bonds is 10. The molecule has 1 unspecified atom stereocenters. The number of methoxy groups -OCH3 is 1. The van der Waals surface area contributed by atoms with Gasteiger partial charge in [-0.1, -0.05) is 42.0 Å². The van der Waals surface area contributed by atoms with Crippen molar-refractivity contribution in [3.05, 3.63) is 65.2 Å². The molecule has 0 aliphatic rings. The fourth-order valence-corrected chi connectivity index (χ4v) is 3.73. The van der Waals surface area contributed by atoms with Crippen LogP contribution in [0.1, 0.15) is 30.5 Å². The Morgan fingerprint density at radius 3 is 2.28 bits per heavy atom. The number of thioether (sulfide) groups is 1. The molecule has 0 aliphatic heterocycles. The van der Waals surface area contributed by atoms with E-state index in [1.807, 2.05) is 31.2 Å². The van der Waals surface area contributed by atoms with Gasteiger partial charge in [0.25, 0.3) is 0 Å². The van der Waals surface area contributed by atoms with E-state index in [4.69, 9.17) is 4.74 Å². The molecular weight excluding hydrogens is 384 g/mol. The molecular formula is C23H30N2O3S. The van der Waals surface area contributed by atoms with E-state index in [9.17, 15) is 9.59 Å². The summed E-state index contributed by atoms with van der Waals surface area (Å²) in [5, 5.41) is 2.81. The molecule has 2 amide bonds. The van der Waals surface area contributed by atoms with E-state index in [1.165, 1.54) is 11.1 Å². The largest absolute Gasteiger partial charge is 0.497 e. The lowest BCUT2D eigenvalue weighted by Gasteiger charge is -2.28. The fraction of sp³-hybridized carbons (Fsp3) is 0.391. The van der Waals surface area contributed by atoms with Gasteiger partial charge in [-0.25, -0.2) is 0 Å². The molecule has 6 heteroatoms. The summed E-state index contributed by atoms with van der Waals surface area (Å²) >= 11 is 1.56. The summed E-state index contributed by atoms with van der Waals surface area (Å²) in [7, 11) is 1.62. The Morgan fingerprint density at radius 1 is 1.07 bits per heavy atom. The molecule has 0 bridgehead atoms. The molecule has 0 saturated carbocycles. The van der Waals surface area contributed by atoms with Gasteiger partial charge in [-0.05, 0) is 44.0 Å². The lowest BCUT2D eigenvalue weighted by atomic mass is 10.1. The van der Waals surface area contributed by atoms with Gasteiger partial charge in [0.05, 0.1) is 12.9 Å². The average Bonchev–Trinajstić information content (AvgIpc) is 2.73. The highest BCUT2D eigenvalue weighted by Gasteiger charge is 2.25. The minimum absolute atomic E-state index is 0.0447. The molecule has 156 valence electrons. The van der Waals surface area contributed by atoms with E-state index in [0.29, 0.717) is 18.8 Å². The van der Waals surface area contributed by atoms with Crippen LogP contribution in [-0.4, -0.2) is 42.2 Å². The Bertz CT molecular complexity index is 791. The fourth-order valence-electron chi connectivity index (χ4n) is 2.86. The zero-order chi connectivity index (χ0) is 21.2. The van der Waals surface area contributed by atoms with E-state index < -0.39 is 6.04 Å². The summed E-state index contributed by atoms with van der Waals surface area (Å²) in [5.41, 5.74) is 3.36. The van der Waals surface area contributed by atoms with E-state index in [0.717, 1.165) is 17.1 Å². The second kappa shape index (κ2) is 11.5. The zero-order valence-electron chi connectivity index (χ0n) is 17.6. The topological polar surface area (TPSA) is 58.6 Å². The van der Waals surface area contributed by atoms with Crippen molar-refractivity contribution < 1.29 is 14.3 Å². The summed E-state index contributed by atoms with van der Waals surface area (Å²) in [4.78, 5) is 27.0. The third kappa shape index (κ3) is 7.13. The summed E-state index contributed by atoms with van der Waals surface area (Å²) in [6.45, 7) is 6.62. The number of amides is 2. The molecule has 0 heterocycles. The number of hydrogen-bond acceptors (Lipinski definition) is 4. The van der Waals surface area contributed by atoms with Crippen molar-refractivity contribution in [2.24, 2.45) is 0 Å². The summed E-state index contributed by atoms with van der Waals surface area (Å²) < 4.78 is 5.19. The maximum atomic E-state index is 13.0. The van der Waals surface area contributed by atoms with Gasteiger partial charge in [0.1, 0.15) is 11.8 Å². The number of ether oxygens (including phenoxy) is 1. The Hall–Kier alpha value is -2.47. The van der Waals surface area contributed by atoms with Crippen LogP contribution in [0.3, 0.4) is 0 Å². The first-order chi connectivity index (χ1) is 13.9. The SMILES string of the molecule is CCNC(=O)C(C)N(Cc1ccc(OC)cc1)C(=O)CSCc1ccc(C)cc1. The maximum Gasteiger partial charge on any atom is 0.242 e. The summed E-state index contributed by atoms with van der Waals surface area (Å²) in [6, 6.07) is 15.3. The number of carbonyl (C=O) groups excluding carboxylic acids is 2. The first kappa shape index (κ1) is 22.8. The van der Waals surface area contributed by atoms with Crippen LogP contribution in [0.25, 0.3) is 0 Å². The lowest BCUT2D eigenvalue weighted by molar-refractivity contribution is -0.138. The van der Waals surface area contributed by atoms with Crippen molar-refractivity contribution in [2.75, 3.05) is 19.4 Å². The Morgan fingerprint density at radius 2 is 1.69 bits per heavy atom. The van der Waals surface area contributed by atoms with E-state index >= 15 is 0 Å². The third-order valence-electron chi connectivity index (χ3n) is 4.65. The van der Waals surface area contributed by atoms with Crippen LogP contribution in [0.2, 0.25) is 0 Å². The van der Waals surface area contributed by atoms with E-state index in [2.05, 4.69) is 36.5 Å². The Balaban J connectivity index is 2.04. The lowest BCUT2D eigenvalue weighted by Crippen LogP contribution is -2.48. The van der Waals surface area contributed by atoms with Gasteiger partial charge < -0.3 is 15.0 Å². The number of benzene rings is 2. The molecule has 0 radical (unpaired) electrons. The van der Waals surface area contributed by atoms with E-state index in [1.54, 1.807) is 30.7 Å². The predicted octanol–water partition coefficient (Wildman–Crippen LogP) is 3.79. The minimum Gasteiger partial charge on any atom is -0.497 e. The molecule has 0 saturated heterocycles. The van der Waals surface area contributed by atoms with Crippen LogP contribution in [-0.2, 0) is 21.9 Å². The molecule has 1 N–H and O–H groups in total. The van der Waals surface area contributed by atoms with E-state index in [-0.39, 0.29) is 11.8 Å². The minimum atomic E-state index is -0.537. The number of likely N-dealkylation sites (N-methyl/N-ethyl adjacent to an activating group) is 1. The normalized spacial score (nSPS) is 11.6. The number of hydrogen-bond donors (Lipinski definition) is 1. The van der Waals surface area contributed by atoms with Gasteiger partial charge in [0.2, 0.25) is 11.8 Å². The Labute approximate surface area is 177 Å². The second-order valence-electron chi connectivity index (χ2n) is 6.92. The highest BCUT2D eigenvalue weighted by molar-refractivity contribution is 7.99.